The fourth-order valence-corrected chi connectivity index (χ4v) is 4.56. The summed E-state index contributed by atoms with van der Waals surface area (Å²) in [4.78, 5) is 40.3. The van der Waals surface area contributed by atoms with Crippen molar-refractivity contribution < 1.29 is 19.5 Å². The van der Waals surface area contributed by atoms with E-state index in [2.05, 4.69) is 5.32 Å². The Morgan fingerprint density at radius 3 is 2.58 bits per heavy atom. The number of nitrogens with one attached hydrogen (secondary N) is 1. The Hall–Kier alpha value is -4.13. The van der Waals surface area contributed by atoms with Crippen molar-refractivity contribution in [3.63, 3.8) is 0 Å². The summed E-state index contributed by atoms with van der Waals surface area (Å²) in [5.74, 6) is -1.08. The molecule has 0 aromatic heterocycles. The molecular weight excluding hydrogens is 454 g/mol. The third-order valence-corrected chi connectivity index (χ3v) is 6.70. The summed E-state index contributed by atoms with van der Waals surface area (Å²) < 4.78 is 0. The second-order valence-corrected chi connectivity index (χ2v) is 9.33. The molecule has 186 valence electrons. The highest BCUT2D eigenvalue weighted by Crippen LogP contribution is 2.29. The van der Waals surface area contributed by atoms with Crippen molar-refractivity contribution in [3.05, 3.63) is 89.0 Å². The number of fused-ring (bicyclic) bond motifs is 1. The van der Waals surface area contributed by atoms with Crippen LogP contribution in [0, 0.1) is 6.92 Å². The lowest BCUT2D eigenvalue weighted by Crippen LogP contribution is -2.33. The van der Waals surface area contributed by atoms with E-state index in [1.807, 2.05) is 80.6 Å². The first kappa shape index (κ1) is 25.0. The molecule has 0 aliphatic carbocycles. The van der Waals surface area contributed by atoms with Gasteiger partial charge in [-0.2, -0.15) is 0 Å². The summed E-state index contributed by atoms with van der Waals surface area (Å²) >= 11 is 0. The number of hydrogen-bond donors (Lipinski definition) is 2. The van der Waals surface area contributed by atoms with Gasteiger partial charge >= 0.3 is 12.0 Å². The smallest absolute Gasteiger partial charge is 0.326 e. The molecule has 1 heterocycles. The number of carbonyl (C=O) groups is 3. The Bertz CT molecular complexity index is 1300. The standard InChI is InChI=1S/C29H31N3O4/c1-19(16-28(34)35)23-8-6-9-24(18-23)31(3)27(33)17-21-11-12-25(20(2)15-21)30-29(36)32-14-13-22-7-4-5-10-26(22)32/h4-12,15,18-19H,13-14,16-17H2,1-3H3,(H,30,36)(H,34,35). The number of anilines is 3. The van der Waals surface area contributed by atoms with E-state index < -0.39 is 5.97 Å². The first-order chi connectivity index (χ1) is 17.2. The molecule has 3 aromatic carbocycles. The number of amides is 3. The highest BCUT2D eigenvalue weighted by atomic mass is 16.4. The number of aryl methyl sites for hydroxylation is 1. The number of likely N-dealkylation sites (N-methyl/N-ethyl adjacent to an activating group) is 1. The summed E-state index contributed by atoms with van der Waals surface area (Å²) in [5.41, 5.74) is 6.17. The van der Waals surface area contributed by atoms with Gasteiger partial charge in [-0.05, 0) is 65.8 Å². The number of carboxylic acid groups (broad SMARTS) is 1. The Morgan fingerprint density at radius 2 is 1.83 bits per heavy atom. The van der Waals surface area contributed by atoms with Crippen molar-refractivity contribution >= 4 is 35.0 Å². The maximum Gasteiger partial charge on any atom is 0.326 e. The first-order valence-electron chi connectivity index (χ1n) is 12.1. The van der Waals surface area contributed by atoms with Gasteiger partial charge in [-0.3, -0.25) is 14.5 Å². The van der Waals surface area contributed by atoms with Crippen LogP contribution >= 0.6 is 0 Å². The van der Waals surface area contributed by atoms with E-state index >= 15 is 0 Å². The van der Waals surface area contributed by atoms with E-state index in [9.17, 15) is 14.4 Å². The number of benzene rings is 3. The van der Waals surface area contributed by atoms with Crippen LogP contribution in [0.4, 0.5) is 21.9 Å². The molecular formula is C29H31N3O4. The van der Waals surface area contributed by atoms with E-state index in [0.717, 1.165) is 34.5 Å². The quantitative estimate of drug-likeness (QED) is 0.471. The molecule has 3 aromatic rings. The molecule has 1 aliphatic heterocycles. The fourth-order valence-electron chi connectivity index (χ4n) is 4.56. The molecule has 3 amide bonds. The third kappa shape index (κ3) is 5.57. The maximum absolute atomic E-state index is 13.0. The molecule has 0 bridgehead atoms. The maximum atomic E-state index is 13.0. The molecule has 0 fully saturated rings. The van der Waals surface area contributed by atoms with Gasteiger partial charge < -0.3 is 15.3 Å². The minimum Gasteiger partial charge on any atom is -0.481 e. The van der Waals surface area contributed by atoms with Gasteiger partial charge in [0.15, 0.2) is 0 Å². The topological polar surface area (TPSA) is 90.0 Å². The van der Waals surface area contributed by atoms with Crippen LogP contribution in [-0.2, 0) is 22.4 Å². The van der Waals surface area contributed by atoms with Gasteiger partial charge in [0.2, 0.25) is 5.91 Å². The molecule has 1 aliphatic rings. The van der Waals surface area contributed by atoms with Crippen molar-refractivity contribution in [2.75, 3.05) is 28.7 Å². The highest BCUT2D eigenvalue weighted by molar-refractivity contribution is 6.03. The minimum atomic E-state index is -0.849. The Balaban J connectivity index is 1.40. The number of urea groups is 1. The van der Waals surface area contributed by atoms with E-state index in [1.165, 1.54) is 5.56 Å². The van der Waals surface area contributed by atoms with Gasteiger partial charge in [0, 0.05) is 30.7 Å². The lowest BCUT2D eigenvalue weighted by molar-refractivity contribution is -0.137. The number of para-hydroxylation sites is 1. The normalized spacial score (nSPS) is 13.1. The van der Waals surface area contributed by atoms with Gasteiger partial charge in [-0.1, -0.05) is 49.4 Å². The summed E-state index contributed by atoms with van der Waals surface area (Å²) in [5, 5.41) is 12.1. The zero-order valence-corrected chi connectivity index (χ0v) is 20.8. The van der Waals surface area contributed by atoms with Gasteiger partial charge in [0.25, 0.3) is 0 Å². The Labute approximate surface area is 211 Å². The third-order valence-electron chi connectivity index (χ3n) is 6.70. The number of carboxylic acids is 1. The molecule has 7 nitrogen and oxygen atoms in total. The molecule has 1 atom stereocenters. The van der Waals surface area contributed by atoms with Crippen LogP contribution in [0.3, 0.4) is 0 Å². The molecule has 4 rings (SSSR count). The molecule has 36 heavy (non-hydrogen) atoms. The van der Waals surface area contributed by atoms with E-state index in [4.69, 9.17) is 5.11 Å². The molecule has 0 saturated carbocycles. The molecule has 0 saturated heterocycles. The van der Waals surface area contributed by atoms with Crippen LogP contribution in [0.1, 0.15) is 41.5 Å². The van der Waals surface area contributed by atoms with E-state index in [1.54, 1.807) is 16.8 Å². The number of hydrogen-bond acceptors (Lipinski definition) is 3. The molecule has 0 spiro atoms. The van der Waals surface area contributed by atoms with Crippen molar-refractivity contribution in [1.29, 1.82) is 0 Å². The van der Waals surface area contributed by atoms with E-state index in [0.29, 0.717) is 12.2 Å². The number of nitrogens with zero attached hydrogens (tertiary/aromatic N) is 2. The van der Waals surface area contributed by atoms with Crippen LogP contribution in [0.5, 0.6) is 0 Å². The lowest BCUT2D eigenvalue weighted by atomic mass is 9.97. The lowest BCUT2D eigenvalue weighted by Gasteiger charge is -2.21. The summed E-state index contributed by atoms with van der Waals surface area (Å²) in [6.07, 6.45) is 1.09. The molecule has 1 unspecified atom stereocenters. The van der Waals surface area contributed by atoms with Gasteiger partial charge in [-0.25, -0.2) is 4.79 Å². The number of aliphatic carboxylic acids is 1. The predicted octanol–water partition coefficient (Wildman–Crippen LogP) is 5.37. The molecule has 7 heteroatoms. The molecule has 0 radical (unpaired) electrons. The van der Waals surface area contributed by atoms with Crippen LogP contribution in [0.2, 0.25) is 0 Å². The minimum absolute atomic E-state index is 0.0353. The van der Waals surface area contributed by atoms with Crippen LogP contribution in [0.25, 0.3) is 0 Å². The fraction of sp³-hybridized carbons (Fsp3) is 0.276. The Kier molecular flexibility index (Phi) is 7.38. The van der Waals surface area contributed by atoms with Crippen LogP contribution in [0.15, 0.2) is 66.7 Å². The second-order valence-electron chi connectivity index (χ2n) is 9.33. The van der Waals surface area contributed by atoms with Crippen LogP contribution < -0.4 is 15.1 Å². The summed E-state index contributed by atoms with van der Waals surface area (Å²) in [6, 6.07) is 20.8. The zero-order valence-electron chi connectivity index (χ0n) is 20.8. The first-order valence-corrected chi connectivity index (χ1v) is 12.1. The largest absolute Gasteiger partial charge is 0.481 e. The molecule has 2 N–H and O–H groups in total. The highest BCUT2D eigenvalue weighted by Gasteiger charge is 2.24. The average Bonchev–Trinajstić information content (AvgIpc) is 3.29. The second kappa shape index (κ2) is 10.6. The number of carbonyl (C=O) groups excluding carboxylic acids is 2. The van der Waals surface area contributed by atoms with Crippen molar-refractivity contribution in [1.82, 2.24) is 0 Å². The average molecular weight is 486 g/mol. The Morgan fingerprint density at radius 1 is 1.06 bits per heavy atom. The predicted molar refractivity (Wildman–Crippen MR) is 142 cm³/mol. The van der Waals surface area contributed by atoms with Gasteiger partial charge in [-0.15, -0.1) is 0 Å². The van der Waals surface area contributed by atoms with Crippen LogP contribution in [-0.4, -0.2) is 36.6 Å². The van der Waals surface area contributed by atoms with Crippen molar-refractivity contribution in [3.8, 4) is 0 Å². The zero-order chi connectivity index (χ0) is 25.8. The summed E-state index contributed by atoms with van der Waals surface area (Å²) in [7, 11) is 1.72. The van der Waals surface area contributed by atoms with Crippen molar-refractivity contribution in [2.45, 2.75) is 39.0 Å². The monoisotopic (exact) mass is 485 g/mol. The van der Waals surface area contributed by atoms with Gasteiger partial charge in [0.1, 0.15) is 0 Å². The van der Waals surface area contributed by atoms with Crippen molar-refractivity contribution in [2.24, 2.45) is 0 Å². The number of rotatable bonds is 7. The van der Waals surface area contributed by atoms with Gasteiger partial charge in [0.05, 0.1) is 12.8 Å². The summed E-state index contributed by atoms with van der Waals surface area (Å²) in [6.45, 7) is 4.43. The van der Waals surface area contributed by atoms with E-state index in [-0.39, 0.29) is 30.7 Å². The SMILES string of the molecule is Cc1cc(CC(=O)N(C)c2cccc(C(C)CC(=O)O)c2)ccc1NC(=O)N1CCc2ccccc21.